The number of hydrogen-bond donors (Lipinski definition) is 4. The number of Topliss-reactive ketones (excluding diaryl/α,β-unsaturated/α-hetero) is 1. The van der Waals surface area contributed by atoms with E-state index in [1.807, 2.05) is 6.08 Å². The Balaban J connectivity index is 2.41. The summed E-state index contributed by atoms with van der Waals surface area (Å²) in [4.78, 5) is 21.5. The second-order valence-electron chi connectivity index (χ2n) is 4.71. The van der Waals surface area contributed by atoms with Crippen molar-refractivity contribution in [2.75, 3.05) is 0 Å². The Morgan fingerprint density at radius 3 is 2.72 bits per heavy atom. The van der Waals surface area contributed by atoms with Gasteiger partial charge in [-0.25, -0.2) is 0 Å². The molecule has 0 bridgehead atoms. The molecule has 5 N–H and O–H groups in total. The van der Waals surface area contributed by atoms with E-state index in [0.717, 1.165) is 12.1 Å². The first-order chi connectivity index (χ1) is 8.40. The monoisotopic (exact) mass is 256 g/mol. The van der Waals surface area contributed by atoms with Gasteiger partial charge in [-0.15, -0.1) is 0 Å². The molecule has 0 heterocycles. The molecule has 0 aromatic rings. The number of aliphatic carboxylic acids is 1. The summed E-state index contributed by atoms with van der Waals surface area (Å²) in [6.07, 6.45) is 3.41. The molecule has 1 aliphatic rings. The summed E-state index contributed by atoms with van der Waals surface area (Å²) in [5.41, 5.74) is 6.31. The lowest BCUT2D eigenvalue weighted by Gasteiger charge is -2.25. The van der Waals surface area contributed by atoms with Gasteiger partial charge in [0.15, 0.2) is 12.0 Å². The third-order valence-corrected chi connectivity index (χ3v) is 3.13. The SMILES string of the molecule is CC(=O)C(O)NC1=CCC(CC(N)C(=O)O)CC1. The number of carboxylic acids is 1. The fourth-order valence-electron chi connectivity index (χ4n) is 1.97. The fourth-order valence-corrected chi connectivity index (χ4v) is 1.97. The molecule has 0 saturated heterocycles. The topological polar surface area (TPSA) is 113 Å². The summed E-state index contributed by atoms with van der Waals surface area (Å²) in [5.74, 6) is -1.06. The number of allylic oxidation sites excluding steroid dienone is 2. The first-order valence-corrected chi connectivity index (χ1v) is 6.02. The Kier molecular flexibility index (Phi) is 5.30. The lowest BCUT2D eigenvalue weighted by Crippen LogP contribution is -2.36. The summed E-state index contributed by atoms with van der Waals surface area (Å²) in [7, 11) is 0. The molecule has 0 fully saturated rings. The van der Waals surface area contributed by atoms with E-state index in [1.165, 1.54) is 6.92 Å². The molecule has 3 unspecified atom stereocenters. The van der Waals surface area contributed by atoms with Crippen molar-refractivity contribution in [3.05, 3.63) is 11.8 Å². The Bertz CT molecular complexity index is 354. The third kappa shape index (κ3) is 4.46. The molecule has 0 aromatic carbocycles. The predicted molar refractivity (Wildman–Crippen MR) is 65.5 cm³/mol. The van der Waals surface area contributed by atoms with Crippen molar-refractivity contribution < 1.29 is 19.8 Å². The van der Waals surface area contributed by atoms with Gasteiger partial charge in [-0.05, 0) is 38.5 Å². The van der Waals surface area contributed by atoms with Gasteiger partial charge in [0.1, 0.15) is 6.04 Å². The van der Waals surface area contributed by atoms with E-state index in [4.69, 9.17) is 10.8 Å². The van der Waals surface area contributed by atoms with Crippen molar-refractivity contribution in [2.45, 2.75) is 44.9 Å². The van der Waals surface area contributed by atoms with Crippen LogP contribution in [0.4, 0.5) is 0 Å². The van der Waals surface area contributed by atoms with Gasteiger partial charge in [-0.3, -0.25) is 9.59 Å². The van der Waals surface area contributed by atoms with Crippen molar-refractivity contribution in [1.82, 2.24) is 5.32 Å². The van der Waals surface area contributed by atoms with Crippen LogP contribution in [-0.2, 0) is 9.59 Å². The zero-order valence-corrected chi connectivity index (χ0v) is 10.4. The van der Waals surface area contributed by atoms with Crippen LogP contribution in [0, 0.1) is 5.92 Å². The Labute approximate surface area is 106 Å². The molecule has 18 heavy (non-hydrogen) atoms. The fraction of sp³-hybridized carbons (Fsp3) is 0.667. The highest BCUT2D eigenvalue weighted by Crippen LogP contribution is 2.25. The molecule has 0 amide bonds. The van der Waals surface area contributed by atoms with Gasteiger partial charge < -0.3 is 21.3 Å². The molecule has 6 heteroatoms. The minimum absolute atomic E-state index is 0.246. The highest BCUT2D eigenvalue weighted by molar-refractivity contribution is 5.79. The van der Waals surface area contributed by atoms with Gasteiger partial charge in [-0.2, -0.15) is 0 Å². The highest BCUT2D eigenvalue weighted by atomic mass is 16.4. The van der Waals surface area contributed by atoms with Crippen molar-refractivity contribution in [2.24, 2.45) is 11.7 Å². The quantitative estimate of drug-likeness (QED) is 0.496. The van der Waals surface area contributed by atoms with Crippen LogP contribution in [-0.4, -0.2) is 34.2 Å². The number of rotatable bonds is 6. The second-order valence-corrected chi connectivity index (χ2v) is 4.71. The molecule has 0 saturated carbocycles. The van der Waals surface area contributed by atoms with Crippen molar-refractivity contribution in [1.29, 1.82) is 0 Å². The second kappa shape index (κ2) is 6.51. The maximum Gasteiger partial charge on any atom is 0.320 e. The van der Waals surface area contributed by atoms with E-state index in [2.05, 4.69) is 5.32 Å². The summed E-state index contributed by atoms with van der Waals surface area (Å²) in [6.45, 7) is 1.32. The molecular weight excluding hydrogens is 236 g/mol. The van der Waals surface area contributed by atoms with Gasteiger partial charge in [-0.1, -0.05) is 6.08 Å². The van der Waals surface area contributed by atoms with E-state index in [0.29, 0.717) is 19.3 Å². The number of nitrogens with two attached hydrogens (primary N) is 1. The zero-order chi connectivity index (χ0) is 13.7. The van der Waals surface area contributed by atoms with Crippen LogP contribution in [0.25, 0.3) is 0 Å². The molecular formula is C12H20N2O4. The van der Waals surface area contributed by atoms with Crippen LogP contribution in [0.15, 0.2) is 11.8 Å². The van der Waals surface area contributed by atoms with Crippen molar-refractivity contribution in [3.8, 4) is 0 Å². The summed E-state index contributed by atoms with van der Waals surface area (Å²) < 4.78 is 0. The number of hydrogen-bond acceptors (Lipinski definition) is 5. The summed E-state index contributed by atoms with van der Waals surface area (Å²) in [6, 6.07) is -0.819. The largest absolute Gasteiger partial charge is 0.480 e. The van der Waals surface area contributed by atoms with Crippen LogP contribution in [0.2, 0.25) is 0 Å². The minimum Gasteiger partial charge on any atom is -0.480 e. The van der Waals surface area contributed by atoms with Crippen LogP contribution >= 0.6 is 0 Å². The number of carbonyl (C=O) groups is 2. The lowest BCUT2D eigenvalue weighted by molar-refractivity contribution is -0.139. The van der Waals surface area contributed by atoms with Crippen LogP contribution in [0.5, 0.6) is 0 Å². The summed E-state index contributed by atoms with van der Waals surface area (Å²) in [5, 5.41) is 20.8. The molecule has 3 atom stereocenters. The number of nitrogens with one attached hydrogen (secondary N) is 1. The van der Waals surface area contributed by atoms with Gasteiger partial charge in [0, 0.05) is 5.70 Å². The van der Waals surface area contributed by atoms with Gasteiger partial charge >= 0.3 is 5.97 Å². The lowest BCUT2D eigenvalue weighted by atomic mass is 9.87. The van der Waals surface area contributed by atoms with Gasteiger partial charge in [0.25, 0.3) is 0 Å². The van der Waals surface area contributed by atoms with E-state index in [1.54, 1.807) is 0 Å². The average Bonchev–Trinajstić information content (AvgIpc) is 2.31. The molecule has 0 aliphatic heterocycles. The molecule has 6 nitrogen and oxygen atoms in total. The van der Waals surface area contributed by atoms with Gasteiger partial charge in [0.05, 0.1) is 0 Å². The molecule has 0 spiro atoms. The Morgan fingerprint density at radius 1 is 1.61 bits per heavy atom. The molecule has 0 radical (unpaired) electrons. The minimum atomic E-state index is -1.16. The maximum atomic E-state index is 10.9. The van der Waals surface area contributed by atoms with Crippen LogP contribution < -0.4 is 11.1 Å². The first kappa shape index (κ1) is 14.7. The number of aliphatic hydroxyl groups excluding tert-OH is 1. The number of ketones is 1. The Morgan fingerprint density at radius 2 is 2.28 bits per heavy atom. The summed E-state index contributed by atoms with van der Waals surface area (Å²) >= 11 is 0. The number of aliphatic hydroxyl groups is 1. The number of carboxylic acid groups (broad SMARTS) is 1. The average molecular weight is 256 g/mol. The molecule has 1 aliphatic carbocycles. The van der Waals surface area contributed by atoms with Crippen molar-refractivity contribution in [3.63, 3.8) is 0 Å². The highest BCUT2D eigenvalue weighted by Gasteiger charge is 2.22. The van der Waals surface area contributed by atoms with E-state index >= 15 is 0 Å². The zero-order valence-electron chi connectivity index (χ0n) is 10.4. The molecule has 0 aromatic heterocycles. The van der Waals surface area contributed by atoms with Gasteiger partial charge in [0.2, 0.25) is 0 Å². The normalized spacial score (nSPS) is 22.8. The van der Waals surface area contributed by atoms with E-state index in [9.17, 15) is 14.7 Å². The molecule has 1 rings (SSSR count). The number of carbonyl (C=O) groups excluding carboxylic acids is 1. The predicted octanol–water partition coefficient (Wildman–Crippen LogP) is -0.0306. The van der Waals surface area contributed by atoms with E-state index < -0.39 is 18.2 Å². The smallest absolute Gasteiger partial charge is 0.320 e. The maximum absolute atomic E-state index is 10.9. The third-order valence-electron chi connectivity index (χ3n) is 3.13. The Hall–Kier alpha value is -1.40. The van der Waals surface area contributed by atoms with E-state index in [-0.39, 0.29) is 11.7 Å². The molecule has 102 valence electrons. The van der Waals surface area contributed by atoms with Crippen LogP contribution in [0.3, 0.4) is 0 Å². The first-order valence-electron chi connectivity index (χ1n) is 6.02. The van der Waals surface area contributed by atoms with Crippen molar-refractivity contribution >= 4 is 11.8 Å². The van der Waals surface area contributed by atoms with Crippen LogP contribution in [0.1, 0.15) is 32.6 Å². The standard InChI is InChI=1S/C12H20N2O4/c1-7(15)11(16)14-9-4-2-8(3-5-9)6-10(13)12(17)18/h4,8,10-11,14,16H,2-3,5-6,13H2,1H3,(H,17,18).